The smallest absolute Gasteiger partial charge is 0.224 e. The number of nitrogens with one attached hydrogen (secondary N) is 2. The van der Waals surface area contributed by atoms with Gasteiger partial charge in [-0.1, -0.05) is 6.92 Å². The minimum Gasteiger partial charge on any atom is -0.367 e. The molecule has 0 radical (unpaired) electrons. The summed E-state index contributed by atoms with van der Waals surface area (Å²) in [4.78, 5) is 12.0. The number of rotatable bonds is 5. The molecule has 0 aliphatic rings. The van der Waals surface area contributed by atoms with Crippen LogP contribution in [-0.4, -0.2) is 28.5 Å². The number of nitrogens with zero attached hydrogens (tertiary/aromatic N) is 3. The van der Waals surface area contributed by atoms with E-state index in [2.05, 4.69) is 25.6 Å². The van der Waals surface area contributed by atoms with Crippen molar-refractivity contribution in [1.29, 1.82) is 0 Å². The number of hydrogen-bond donors (Lipinski definition) is 2. The number of hydrogen-bond acceptors (Lipinski definition) is 6. The highest BCUT2D eigenvalue weighted by atomic mass is 32.1. The fraction of sp³-hybridized carbons (Fsp3) is 0.364. The maximum Gasteiger partial charge on any atom is 0.224 e. The molecule has 2 aromatic rings. The van der Waals surface area contributed by atoms with E-state index < -0.39 is 5.82 Å². The van der Waals surface area contributed by atoms with Crippen molar-refractivity contribution in [2.45, 2.75) is 12.8 Å². The van der Waals surface area contributed by atoms with Crippen LogP contribution in [0.4, 0.5) is 16.2 Å². The van der Waals surface area contributed by atoms with Gasteiger partial charge in [-0.3, -0.25) is 0 Å². The van der Waals surface area contributed by atoms with Crippen LogP contribution in [0.2, 0.25) is 0 Å². The van der Waals surface area contributed by atoms with Crippen molar-refractivity contribution in [2.24, 2.45) is 0 Å². The summed E-state index contributed by atoms with van der Waals surface area (Å²) >= 11 is 1.59. The number of halogens is 1. The topological polar surface area (TPSA) is 62.7 Å². The van der Waals surface area contributed by atoms with Crippen LogP contribution < -0.4 is 10.6 Å². The van der Waals surface area contributed by atoms with Crippen molar-refractivity contribution in [2.75, 3.05) is 24.2 Å². The Bertz CT molecular complexity index is 502. The zero-order valence-corrected chi connectivity index (χ0v) is 11.0. The first-order valence-electron chi connectivity index (χ1n) is 5.54. The van der Waals surface area contributed by atoms with Crippen LogP contribution in [0.3, 0.4) is 0 Å². The number of aromatic nitrogens is 3. The third-order valence-electron chi connectivity index (χ3n) is 2.42. The average Bonchev–Trinajstić information content (AvgIpc) is 2.91. The monoisotopic (exact) mass is 267 g/mol. The minimum atomic E-state index is -0.458. The number of thiazole rings is 1. The van der Waals surface area contributed by atoms with Crippen LogP contribution in [-0.2, 0) is 0 Å². The van der Waals surface area contributed by atoms with E-state index in [1.807, 2.05) is 12.3 Å². The molecule has 2 rings (SSSR count). The van der Waals surface area contributed by atoms with Crippen molar-refractivity contribution in [3.63, 3.8) is 0 Å². The lowest BCUT2D eigenvalue weighted by atomic mass is 10.2. The van der Waals surface area contributed by atoms with Crippen LogP contribution in [0.1, 0.15) is 17.8 Å². The highest BCUT2D eigenvalue weighted by Gasteiger charge is 2.11. The Kier molecular flexibility index (Phi) is 4.03. The van der Waals surface area contributed by atoms with Crippen LogP contribution in [0.5, 0.6) is 0 Å². The van der Waals surface area contributed by atoms with Gasteiger partial charge in [0.15, 0.2) is 11.6 Å². The van der Waals surface area contributed by atoms with Gasteiger partial charge in [0, 0.05) is 31.1 Å². The van der Waals surface area contributed by atoms with Gasteiger partial charge in [0.05, 0.1) is 11.2 Å². The van der Waals surface area contributed by atoms with Gasteiger partial charge in [0.1, 0.15) is 0 Å². The molecule has 2 heterocycles. The molecule has 1 unspecified atom stereocenters. The van der Waals surface area contributed by atoms with Crippen molar-refractivity contribution >= 4 is 23.1 Å². The van der Waals surface area contributed by atoms with Crippen LogP contribution in [0, 0.1) is 5.82 Å². The van der Waals surface area contributed by atoms with Gasteiger partial charge in [0.2, 0.25) is 5.95 Å². The molecule has 5 nitrogen and oxygen atoms in total. The van der Waals surface area contributed by atoms with E-state index in [1.54, 1.807) is 24.6 Å². The maximum absolute atomic E-state index is 13.5. The molecular formula is C11H14FN5S. The molecule has 0 saturated carbocycles. The van der Waals surface area contributed by atoms with E-state index in [-0.39, 0.29) is 11.7 Å². The molecule has 7 heteroatoms. The fourth-order valence-corrected chi connectivity index (χ4v) is 2.12. The van der Waals surface area contributed by atoms with Crippen molar-refractivity contribution in [1.82, 2.24) is 15.0 Å². The van der Waals surface area contributed by atoms with Crippen molar-refractivity contribution < 1.29 is 4.39 Å². The summed E-state index contributed by atoms with van der Waals surface area (Å²) in [5.74, 6) is 0.344. The number of anilines is 2. The fourth-order valence-electron chi connectivity index (χ4n) is 1.43. The van der Waals surface area contributed by atoms with Crippen LogP contribution in [0.15, 0.2) is 17.8 Å². The molecule has 2 N–H and O–H groups in total. The Morgan fingerprint density at radius 2 is 2.28 bits per heavy atom. The summed E-state index contributed by atoms with van der Waals surface area (Å²) in [5.41, 5.74) is 0. The van der Waals surface area contributed by atoms with E-state index >= 15 is 0 Å². The van der Waals surface area contributed by atoms with Gasteiger partial charge in [-0.25, -0.2) is 14.4 Å². The van der Waals surface area contributed by atoms with Gasteiger partial charge in [0.25, 0.3) is 0 Å². The second-order valence-electron chi connectivity index (χ2n) is 3.79. The lowest BCUT2D eigenvalue weighted by Crippen LogP contribution is -2.13. The SMILES string of the molecule is CNc1ncc(F)c(NCC(C)c2nccs2)n1. The molecule has 1 atom stereocenters. The summed E-state index contributed by atoms with van der Waals surface area (Å²) in [6.07, 6.45) is 2.91. The Hall–Kier alpha value is -1.76. The molecule has 2 aromatic heterocycles. The highest BCUT2D eigenvalue weighted by molar-refractivity contribution is 7.09. The molecule has 0 amide bonds. The van der Waals surface area contributed by atoms with Gasteiger partial charge < -0.3 is 10.6 Å². The zero-order valence-electron chi connectivity index (χ0n) is 10.1. The molecule has 18 heavy (non-hydrogen) atoms. The highest BCUT2D eigenvalue weighted by Crippen LogP contribution is 2.19. The Balaban J connectivity index is 2.01. The molecule has 0 fully saturated rings. The molecule has 0 bridgehead atoms. The predicted octanol–water partition coefficient (Wildman–Crippen LogP) is 2.33. The summed E-state index contributed by atoms with van der Waals surface area (Å²) < 4.78 is 13.5. The minimum absolute atomic E-state index is 0.206. The summed E-state index contributed by atoms with van der Waals surface area (Å²) in [5, 5.41) is 8.69. The van der Waals surface area contributed by atoms with E-state index in [4.69, 9.17) is 0 Å². The molecular weight excluding hydrogens is 253 g/mol. The van der Waals surface area contributed by atoms with Crippen molar-refractivity contribution in [3.05, 3.63) is 28.6 Å². The normalized spacial score (nSPS) is 12.2. The van der Waals surface area contributed by atoms with Gasteiger partial charge in [-0.05, 0) is 0 Å². The largest absolute Gasteiger partial charge is 0.367 e. The van der Waals surface area contributed by atoms with Gasteiger partial charge >= 0.3 is 0 Å². The summed E-state index contributed by atoms with van der Waals surface area (Å²) in [7, 11) is 1.69. The predicted molar refractivity (Wildman–Crippen MR) is 70.6 cm³/mol. The van der Waals surface area contributed by atoms with E-state index in [1.165, 1.54) is 0 Å². The van der Waals surface area contributed by atoms with E-state index in [0.29, 0.717) is 12.5 Å². The Labute approximate surface area is 109 Å². The zero-order chi connectivity index (χ0) is 13.0. The third-order valence-corrected chi connectivity index (χ3v) is 3.42. The standard InChI is InChI=1S/C11H14FN5S/c1-7(10-14-3-4-18-10)5-15-9-8(12)6-16-11(13-2)17-9/h3-4,6-7H,5H2,1-2H3,(H2,13,15,16,17). The quantitative estimate of drug-likeness (QED) is 0.870. The summed E-state index contributed by atoms with van der Waals surface area (Å²) in [6.45, 7) is 2.61. The molecule has 0 aliphatic heterocycles. The average molecular weight is 267 g/mol. The third kappa shape index (κ3) is 2.92. The van der Waals surface area contributed by atoms with E-state index in [9.17, 15) is 4.39 Å². The molecule has 0 saturated heterocycles. The van der Waals surface area contributed by atoms with Crippen LogP contribution >= 0.6 is 11.3 Å². The maximum atomic E-state index is 13.5. The molecule has 0 spiro atoms. The first-order valence-corrected chi connectivity index (χ1v) is 6.42. The Morgan fingerprint density at radius 1 is 1.44 bits per heavy atom. The van der Waals surface area contributed by atoms with Crippen LogP contribution in [0.25, 0.3) is 0 Å². The second-order valence-corrected chi connectivity index (χ2v) is 4.72. The first-order chi connectivity index (χ1) is 8.70. The molecule has 0 aliphatic carbocycles. The second kappa shape index (κ2) is 5.72. The van der Waals surface area contributed by atoms with E-state index in [0.717, 1.165) is 11.2 Å². The Morgan fingerprint density at radius 3 is 2.94 bits per heavy atom. The van der Waals surface area contributed by atoms with Gasteiger partial charge in [-0.15, -0.1) is 11.3 Å². The molecule has 0 aromatic carbocycles. The lowest BCUT2D eigenvalue weighted by Gasteiger charge is -2.11. The lowest BCUT2D eigenvalue weighted by molar-refractivity contribution is 0.615. The van der Waals surface area contributed by atoms with Gasteiger partial charge in [-0.2, -0.15) is 4.98 Å². The summed E-state index contributed by atoms with van der Waals surface area (Å²) in [6, 6.07) is 0. The first kappa shape index (κ1) is 12.7. The van der Waals surface area contributed by atoms with Crippen molar-refractivity contribution in [3.8, 4) is 0 Å². The molecule has 96 valence electrons.